The Labute approximate surface area is 158 Å². The average Bonchev–Trinajstić information content (AvgIpc) is 3.04. The van der Waals surface area contributed by atoms with Gasteiger partial charge in [0.05, 0.1) is 13.7 Å². The lowest BCUT2D eigenvalue weighted by molar-refractivity contribution is -0.136. The molecule has 0 saturated heterocycles. The van der Waals surface area contributed by atoms with Crippen molar-refractivity contribution in [1.82, 2.24) is 14.7 Å². The molecule has 2 heterocycles. The molecule has 1 aromatic carbocycles. The molecule has 0 spiro atoms. The molecule has 27 heavy (non-hydrogen) atoms. The monoisotopic (exact) mass is 371 g/mol. The highest BCUT2D eigenvalue weighted by Gasteiger charge is 2.31. The van der Waals surface area contributed by atoms with E-state index in [0.717, 1.165) is 23.4 Å². The first-order chi connectivity index (χ1) is 12.9. The van der Waals surface area contributed by atoms with Crippen molar-refractivity contribution in [1.29, 1.82) is 0 Å². The lowest BCUT2D eigenvalue weighted by atomic mass is 10.0. The van der Waals surface area contributed by atoms with Crippen molar-refractivity contribution in [2.45, 2.75) is 39.8 Å². The van der Waals surface area contributed by atoms with E-state index in [4.69, 9.17) is 4.74 Å². The van der Waals surface area contributed by atoms with Crippen LogP contribution in [0.2, 0.25) is 0 Å². The van der Waals surface area contributed by atoms with Gasteiger partial charge in [-0.2, -0.15) is 5.10 Å². The topological polar surface area (TPSA) is 84.7 Å². The zero-order valence-corrected chi connectivity index (χ0v) is 15.9. The van der Waals surface area contributed by atoms with E-state index in [2.05, 4.69) is 5.10 Å². The number of hydrogen-bond acceptors (Lipinski definition) is 4. The summed E-state index contributed by atoms with van der Waals surface area (Å²) in [6.07, 6.45) is 1.37. The van der Waals surface area contributed by atoms with Crippen LogP contribution in [0, 0.1) is 5.92 Å². The zero-order valence-electron chi connectivity index (χ0n) is 15.9. The first-order valence-corrected chi connectivity index (χ1v) is 9.18. The van der Waals surface area contributed by atoms with Crippen LogP contribution in [-0.2, 0) is 24.3 Å². The van der Waals surface area contributed by atoms with E-state index in [1.807, 2.05) is 38.1 Å². The second-order valence-electron chi connectivity index (χ2n) is 6.91. The van der Waals surface area contributed by atoms with Crippen LogP contribution in [0.5, 0.6) is 5.75 Å². The number of ether oxygens (including phenoxy) is 1. The number of rotatable bonds is 6. The second kappa shape index (κ2) is 7.82. The summed E-state index contributed by atoms with van der Waals surface area (Å²) in [6, 6.07) is 7.63. The van der Waals surface area contributed by atoms with Crippen LogP contribution < -0.4 is 4.74 Å². The number of fused-ring (bicyclic) bond motifs is 1. The van der Waals surface area contributed by atoms with Crippen LogP contribution in [0.25, 0.3) is 0 Å². The van der Waals surface area contributed by atoms with Crippen molar-refractivity contribution in [2.24, 2.45) is 5.92 Å². The number of carbonyl (C=O) groups is 2. The molecular weight excluding hydrogens is 346 g/mol. The summed E-state index contributed by atoms with van der Waals surface area (Å²) in [7, 11) is 1.61. The number of aromatic nitrogens is 2. The van der Waals surface area contributed by atoms with Gasteiger partial charge in [-0.1, -0.05) is 26.0 Å². The highest BCUT2D eigenvalue weighted by Crippen LogP contribution is 2.25. The summed E-state index contributed by atoms with van der Waals surface area (Å²) in [5, 5.41) is 13.9. The van der Waals surface area contributed by atoms with Gasteiger partial charge in [0.15, 0.2) is 5.69 Å². The number of methoxy groups -OCH3 is 1. The van der Waals surface area contributed by atoms with Crippen molar-refractivity contribution in [3.05, 3.63) is 46.8 Å². The molecule has 1 aliphatic rings. The Morgan fingerprint density at radius 3 is 2.81 bits per heavy atom. The fourth-order valence-corrected chi connectivity index (χ4v) is 3.41. The van der Waals surface area contributed by atoms with E-state index < -0.39 is 5.97 Å². The van der Waals surface area contributed by atoms with E-state index in [0.29, 0.717) is 31.6 Å². The predicted octanol–water partition coefficient (Wildman–Crippen LogP) is 2.57. The lowest BCUT2D eigenvalue weighted by Gasteiger charge is -2.29. The van der Waals surface area contributed by atoms with Gasteiger partial charge in [0, 0.05) is 36.7 Å². The van der Waals surface area contributed by atoms with Crippen LogP contribution in [0.4, 0.5) is 0 Å². The van der Waals surface area contributed by atoms with E-state index in [1.54, 1.807) is 16.7 Å². The molecule has 1 amide bonds. The molecule has 144 valence electrons. The standard InChI is InChI=1S/C20H25N3O4/c1-4-13(2)19(24)22-9-8-17-16(12-22)18(20(25)26)21-23(17)11-14-6-5-7-15(10-14)27-3/h5-7,10,13H,4,8-9,11-12H2,1-3H3,(H,25,26). The molecule has 1 aromatic heterocycles. The number of aromatic carboxylic acids is 1. The van der Waals surface area contributed by atoms with Crippen molar-refractivity contribution >= 4 is 11.9 Å². The summed E-state index contributed by atoms with van der Waals surface area (Å²) < 4.78 is 7.00. The fraction of sp³-hybridized carbons (Fsp3) is 0.450. The third kappa shape index (κ3) is 3.82. The van der Waals surface area contributed by atoms with E-state index in [9.17, 15) is 14.7 Å². The first-order valence-electron chi connectivity index (χ1n) is 9.18. The highest BCUT2D eigenvalue weighted by atomic mass is 16.5. The maximum Gasteiger partial charge on any atom is 0.356 e. The van der Waals surface area contributed by atoms with Gasteiger partial charge in [0.2, 0.25) is 5.91 Å². The Kier molecular flexibility index (Phi) is 5.48. The molecule has 0 fully saturated rings. The van der Waals surface area contributed by atoms with Gasteiger partial charge < -0.3 is 14.7 Å². The summed E-state index contributed by atoms with van der Waals surface area (Å²) in [6.45, 7) is 5.23. The molecule has 0 bridgehead atoms. The maximum atomic E-state index is 12.5. The normalized spacial score (nSPS) is 14.6. The summed E-state index contributed by atoms with van der Waals surface area (Å²) in [5.74, 6) is -0.308. The minimum atomic E-state index is -1.06. The molecule has 1 unspecified atom stereocenters. The van der Waals surface area contributed by atoms with Gasteiger partial charge in [0.1, 0.15) is 5.75 Å². The Morgan fingerprint density at radius 2 is 2.15 bits per heavy atom. The number of hydrogen-bond donors (Lipinski definition) is 1. The van der Waals surface area contributed by atoms with Crippen molar-refractivity contribution < 1.29 is 19.4 Å². The summed E-state index contributed by atoms with van der Waals surface area (Å²) in [5.41, 5.74) is 2.56. The molecule has 2 aromatic rings. The van der Waals surface area contributed by atoms with Crippen molar-refractivity contribution in [3.63, 3.8) is 0 Å². The van der Waals surface area contributed by atoms with Gasteiger partial charge in [-0.25, -0.2) is 4.79 Å². The van der Waals surface area contributed by atoms with Crippen LogP contribution in [0.3, 0.4) is 0 Å². The quantitative estimate of drug-likeness (QED) is 0.844. The SMILES string of the molecule is CCC(C)C(=O)N1CCc2c(c(C(=O)O)nn2Cc2cccc(OC)c2)C1. The average molecular weight is 371 g/mol. The number of carboxylic acids is 1. The van der Waals surface area contributed by atoms with E-state index in [1.165, 1.54) is 0 Å². The first kappa shape index (κ1) is 18.9. The number of carbonyl (C=O) groups excluding carboxylic acids is 1. The third-order valence-corrected chi connectivity index (χ3v) is 5.15. The lowest BCUT2D eigenvalue weighted by Crippen LogP contribution is -2.39. The highest BCUT2D eigenvalue weighted by molar-refractivity contribution is 5.88. The van der Waals surface area contributed by atoms with Crippen LogP contribution in [0.1, 0.15) is 47.6 Å². The van der Waals surface area contributed by atoms with Gasteiger partial charge in [0.25, 0.3) is 0 Å². The molecular formula is C20H25N3O4. The largest absolute Gasteiger partial charge is 0.497 e. The van der Waals surface area contributed by atoms with E-state index >= 15 is 0 Å². The zero-order chi connectivity index (χ0) is 19.6. The Morgan fingerprint density at radius 1 is 1.37 bits per heavy atom. The van der Waals surface area contributed by atoms with Gasteiger partial charge in [-0.05, 0) is 24.1 Å². The van der Waals surface area contributed by atoms with Crippen LogP contribution >= 0.6 is 0 Å². The van der Waals surface area contributed by atoms with Crippen LogP contribution in [0.15, 0.2) is 24.3 Å². The molecule has 3 rings (SSSR count). The van der Waals surface area contributed by atoms with Gasteiger partial charge in [-0.3, -0.25) is 9.48 Å². The molecule has 1 atom stereocenters. The maximum absolute atomic E-state index is 12.5. The summed E-state index contributed by atoms with van der Waals surface area (Å²) >= 11 is 0. The van der Waals surface area contributed by atoms with Gasteiger partial charge in [-0.15, -0.1) is 0 Å². The Balaban J connectivity index is 1.91. The van der Waals surface area contributed by atoms with E-state index in [-0.39, 0.29) is 17.5 Å². The van der Waals surface area contributed by atoms with Crippen molar-refractivity contribution in [3.8, 4) is 5.75 Å². The van der Waals surface area contributed by atoms with Gasteiger partial charge >= 0.3 is 5.97 Å². The van der Waals surface area contributed by atoms with Crippen LogP contribution in [-0.4, -0.2) is 45.3 Å². The second-order valence-corrected chi connectivity index (χ2v) is 6.91. The molecule has 1 aliphatic heterocycles. The summed E-state index contributed by atoms with van der Waals surface area (Å²) in [4.78, 5) is 26.0. The molecule has 1 N–H and O–H groups in total. The predicted molar refractivity (Wildman–Crippen MR) is 99.9 cm³/mol. The Hall–Kier alpha value is -2.83. The molecule has 0 saturated carbocycles. The molecule has 0 aliphatic carbocycles. The molecule has 7 nitrogen and oxygen atoms in total. The third-order valence-electron chi connectivity index (χ3n) is 5.15. The number of amides is 1. The molecule has 0 radical (unpaired) electrons. The number of carboxylic acid groups (broad SMARTS) is 1. The number of nitrogens with zero attached hydrogens (tertiary/aromatic N) is 3. The number of benzene rings is 1. The Bertz CT molecular complexity index is 859. The fourth-order valence-electron chi connectivity index (χ4n) is 3.41. The van der Waals surface area contributed by atoms with Crippen molar-refractivity contribution in [2.75, 3.05) is 13.7 Å². The molecule has 7 heteroatoms. The minimum Gasteiger partial charge on any atom is -0.497 e. The minimum absolute atomic E-state index is 0.0366. The smallest absolute Gasteiger partial charge is 0.356 e.